The second-order valence-electron chi connectivity index (χ2n) is 6.58. The molecule has 0 aromatic heterocycles. The van der Waals surface area contributed by atoms with Crippen molar-refractivity contribution in [3.63, 3.8) is 0 Å². The predicted octanol–water partition coefficient (Wildman–Crippen LogP) is 3.50. The Balaban J connectivity index is 2.03. The summed E-state index contributed by atoms with van der Waals surface area (Å²) in [7, 11) is 0. The Morgan fingerprint density at radius 3 is 2.24 bits per heavy atom. The fourth-order valence-electron chi connectivity index (χ4n) is 3.82. The van der Waals surface area contributed by atoms with E-state index in [0.717, 1.165) is 38.0 Å². The Labute approximate surface area is 105 Å². The minimum Gasteiger partial charge on any atom is -0.391 e. The van der Waals surface area contributed by atoms with Crippen LogP contribution in [0.25, 0.3) is 0 Å². The first-order valence-electron chi connectivity index (χ1n) is 7.17. The molecule has 3 unspecified atom stereocenters. The SMILES string of the molecule is CC1CCC(C(O)C2(C#N)CCC(C)C2)CC1. The molecule has 0 bridgehead atoms. The Bertz CT molecular complexity index is 301. The normalized spacial score (nSPS) is 44.2. The van der Waals surface area contributed by atoms with Gasteiger partial charge in [0.1, 0.15) is 0 Å². The minimum absolute atomic E-state index is 0.371. The van der Waals surface area contributed by atoms with Gasteiger partial charge in [-0.3, -0.25) is 0 Å². The third-order valence-electron chi connectivity index (χ3n) is 5.09. The Kier molecular flexibility index (Phi) is 3.78. The van der Waals surface area contributed by atoms with Crippen LogP contribution in [0.15, 0.2) is 0 Å². The van der Waals surface area contributed by atoms with Gasteiger partial charge in [0.2, 0.25) is 0 Å². The summed E-state index contributed by atoms with van der Waals surface area (Å²) in [5.74, 6) is 1.78. The lowest BCUT2D eigenvalue weighted by atomic mass is 9.70. The first-order chi connectivity index (χ1) is 8.07. The average Bonchev–Trinajstić information content (AvgIpc) is 2.72. The van der Waals surface area contributed by atoms with Gasteiger partial charge in [-0.1, -0.05) is 26.7 Å². The largest absolute Gasteiger partial charge is 0.391 e. The Morgan fingerprint density at radius 1 is 1.12 bits per heavy atom. The number of nitrogens with zero attached hydrogens (tertiary/aromatic N) is 1. The van der Waals surface area contributed by atoms with Crippen LogP contribution in [-0.4, -0.2) is 11.2 Å². The third kappa shape index (κ3) is 2.50. The standard InChI is InChI=1S/C15H25NO/c1-11-3-5-13(6-4-11)14(17)15(10-16)8-7-12(2)9-15/h11-14,17H,3-9H2,1-2H3. The maximum atomic E-state index is 10.6. The van der Waals surface area contributed by atoms with Crippen molar-refractivity contribution >= 4 is 0 Å². The van der Waals surface area contributed by atoms with Crippen LogP contribution < -0.4 is 0 Å². The lowest BCUT2D eigenvalue weighted by Gasteiger charge is -2.37. The van der Waals surface area contributed by atoms with E-state index in [2.05, 4.69) is 19.9 Å². The highest BCUT2D eigenvalue weighted by Gasteiger charge is 2.47. The zero-order valence-electron chi connectivity index (χ0n) is 11.2. The molecule has 2 nitrogen and oxygen atoms in total. The highest BCUT2D eigenvalue weighted by Crippen LogP contribution is 2.48. The van der Waals surface area contributed by atoms with Gasteiger partial charge in [-0.05, 0) is 49.9 Å². The summed E-state index contributed by atoms with van der Waals surface area (Å²) in [6.45, 7) is 4.50. The van der Waals surface area contributed by atoms with E-state index < -0.39 is 5.41 Å². The molecule has 2 fully saturated rings. The van der Waals surface area contributed by atoms with Gasteiger partial charge in [0.05, 0.1) is 17.6 Å². The molecule has 2 aliphatic carbocycles. The van der Waals surface area contributed by atoms with Crippen LogP contribution >= 0.6 is 0 Å². The van der Waals surface area contributed by atoms with Crippen molar-refractivity contribution in [3.05, 3.63) is 0 Å². The highest BCUT2D eigenvalue weighted by molar-refractivity contribution is 5.09. The lowest BCUT2D eigenvalue weighted by Crippen LogP contribution is -2.39. The van der Waals surface area contributed by atoms with E-state index in [1.807, 2.05) is 0 Å². The highest BCUT2D eigenvalue weighted by atomic mass is 16.3. The number of nitriles is 1. The van der Waals surface area contributed by atoms with Crippen molar-refractivity contribution in [1.29, 1.82) is 5.26 Å². The van der Waals surface area contributed by atoms with Crippen LogP contribution in [0.5, 0.6) is 0 Å². The van der Waals surface area contributed by atoms with E-state index in [0.29, 0.717) is 11.8 Å². The van der Waals surface area contributed by atoms with Gasteiger partial charge in [-0.2, -0.15) is 5.26 Å². The predicted molar refractivity (Wildman–Crippen MR) is 68.2 cm³/mol. The lowest BCUT2D eigenvalue weighted by molar-refractivity contribution is -0.00433. The van der Waals surface area contributed by atoms with Crippen LogP contribution in [-0.2, 0) is 0 Å². The van der Waals surface area contributed by atoms with E-state index in [9.17, 15) is 10.4 Å². The van der Waals surface area contributed by atoms with E-state index in [4.69, 9.17) is 0 Å². The Morgan fingerprint density at radius 2 is 1.76 bits per heavy atom. The van der Waals surface area contributed by atoms with Gasteiger partial charge in [-0.25, -0.2) is 0 Å². The van der Waals surface area contributed by atoms with Crippen LogP contribution in [0.4, 0.5) is 0 Å². The molecule has 0 spiro atoms. The number of aliphatic hydroxyl groups is 1. The minimum atomic E-state index is -0.426. The number of rotatable bonds is 2. The van der Waals surface area contributed by atoms with Gasteiger partial charge in [0, 0.05) is 0 Å². The van der Waals surface area contributed by atoms with Crippen LogP contribution in [0.3, 0.4) is 0 Å². The quantitative estimate of drug-likeness (QED) is 0.796. The van der Waals surface area contributed by atoms with Crippen molar-refractivity contribution in [3.8, 4) is 6.07 Å². The van der Waals surface area contributed by atoms with Crippen LogP contribution in [0, 0.1) is 34.5 Å². The number of aliphatic hydroxyl groups excluding tert-OH is 1. The maximum Gasteiger partial charge on any atom is 0.0837 e. The molecule has 2 saturated carbocycles. The van der Waals surface area contributed by atoms with Crippen molar-refractivity contribution in [2.45, 2.75) is 64.9 Å². The van der Waals surface area contributed by atoms with Crippen molar-refractivity contribution < 1.29 is 5.11 Å². The second kappa shape index (κ2) is 4.98. The molecule has 0 saturated heterocycles. The summed E-state index contributed by atoms with van der Waals surface area (Å²) < 4.78 is 0. The maximum absolute atomic E-state index is 10.6. The summed E-state index contributed by atoms with van der Waals surface area (Å²) >= 11 is 0. The van der Waals surface area contributed by atoms with Crippen LogP contribution in [0.2, 0.25) is 0 Å². The molecule has 0 heterocycles. The molecule has 2 rings (SSSR count). The third-order valence-corrected chi connectivity index (χ3v) is 5.09. The van der Waals surface area contributed by atoms with Crippen molar-refractivity contribution in [1.82, 2.24) is 0 Å². The van der Waals surface area contributed by atoms with E-state index in [1.54, 1.807) is 0 Å². The molecule has 2 aliphatic rings. The summed E-state index contributed by atoms with van der Waals surface area (Å²) in [5, 5.41) is 20.1. The van der Waals surface area contributed by atoms with Gasteiger partial charge in [0.25, 0.3) is 0 Å². The fourth-order valence-corrected chi connectivity index (χ4v) is 3.82. The zero-order chi connectivity index (χ0) is 12.5. The smallest absolute Gasteiger partial charge is 0.0837 e. The van der Waals surface area contributed by atoms with Gasteiger partial charge >= 0.3 is 0 Å². The van der Waals surface area contributed by atoms with E-state index in [1.165, 1.54) is 12.8 Å². The molecular weight excluding hydrogens is 210 g/mol. The molecule has 1 N–H and O–H groups in total. The second-order valence-corrected chi connectivity index (χ2v) is 6.58. The van der Waals surface area contributed by atoms with Crippen molar-refractivity contribution in [2.75, 3.05) is 0 Å². The van der Waals surface area contributed by atoms with E-state index in [-0.39, 0.29) is 6.10 Å². The molecule has 2 heteroatoms. The summed E-state index contributed by atoms with van der Waals surface area (Å²) in [4.78, 5) is 0. The average molecular weight is 235 g/mol. The molecule has 17 heavy (non-hydrogen) atoms. The van der Waals surface area contributed by atoms with Gasteiger partial charge < -0.3 is 5.11 Å². The summed E-state index contributed by atoms with van der Waals surface area (Å²) in [6, 6.07) is 2.47. The number of hydrogen-bond acceptors (Lipinski definition) is 2. The Hall–Kier alpha value is -0.550. The monoisotopic (exact) mass is 235 g/mol. The summed E-state index contributed by atoms with van der Waals surface area (Å²) in [5.41, 5.74) is -0.426. The molecule has 0 radical (unpaired) electrons. The fraction of sp³-hybridized carbons (Fsp3) is 0.933. The topological polar surface area (TPSA) is 44.0 Å². The molecular formula is C15H25NO. The van der Waals surface area contributed by atoms with Gasteiger partial charge in [-0.15, -0.1) is 0 Å². The zero-order valence-corrected chi connectivity index (χ0v) is 11.2. The molecule has 0 amide bonds. The molecule has 96 valence electrons. The first-order valence-corrected chi connectivity index (χ1v) is 7.17. The number of hydrogen-bond donors (Lipinski definition) is 1. The molecule has 0 aliphatic heterocycles. The summed E-state index contributed by atoms with van der Waals surface area (Å²) in [6.07, 6.45) is 7.19. The van der Waals surface area contributed by atoms with Crippen molar-refractivity contribution in [2.24, 2.45) is 23.2 Å². The van der Waals surface area contributed by atoms with E-state index >= 15 is 0 Å². The van der Waals surface area contributed by atoms with Gasteiger partial charge in [0.15, 0.2) is 0 Å². The molecule has 0 aromatic rings. The molecule has 0 aromatic carbocycles. The molecule has 3 atom stereocenters. The van der Waals surface area contributed by atoms with Crippen LogP contribution in [0.1, 0.15) is 58.8 Å². The first kappa shape index (κ1) is 12.9.